The van der Waals surface area contributed by atoms with Gasteiger partial charge in [-0.3, -0.25) is 0 Å². The predicted molar refractivity (Wildman–Crippen MR) is 143 cm³/mol. The first-order valence-corrected chi connectivity index (χ1v) is 13.4. The van der Waals surface area contributed by atoms with Crippen LogP contribution >= 0.6 is 0 Å². The van der Waals surface area contributed by atoms with E-state index in [0.29, 0.717) is 23.7 Å². The van der Waals surface area contributed by atoms with Crippen LogP contribution in [0.5, 0.6) is 0 Å². The van der Waals surface area contributed by atoms with Crippen LogP contribution in [0.4, 0.5) is 0 Å². The van der Waals surface area contributed by atoms with E-state index in [1.165, 1.54) is 51.6 Å². The van der Waals surface area contributed by atoms with E-state index in [0.717, 1.165) is 44.3 Å². The molecule has 0 amide bonds. The van der Waals surface area contributed by atoms with Crippen LogP contribution in [0.3, 0.4) is 0 Å². The minimum Gasteiger partial charge on any atom is -0.485 e. The Balaban J connectivity index is 1.10. The van der Waals surface area contributed by atoms with Gasteiger partial charge in [0.05, 0.1) is 0 Å². The zero-order chi connectivity index (χ0) is 23.4. The quantitative estimate of drug-likeness (QED) is 0.429. The molecule has 2 heteroatoms. The Morgan fingerprint density at radius 2 is 1.77 bits per heavy atom. The SMILES string of the molecule is N=CC1=CC(C2C=CC3=CC(C4C=CC5=C(C4)C4C6=C(C=CC4O5)CCC=C6)=CCC3C2)=CCC1. The van der Waals surface area contributed by atoms with E-state index in [1.54, 1.807) is 0 Å². The van der Waals surface area contributed by atoms with E-state index >= 15 is 0 Å². The number of fused-ring (bicyclic) bond motifs is 4. The van der Waals surface area contributed by atoms with Crippen molar-refractivity contribution in [3.8, 4) is 0 Å². The van der Waals surface area contributed by atoms with Crippen LogP contribution in [0.25, 0.3) is 0 Å². The van der Waals surface area contributed by atoms with Gasteiger partial charge in [-0.15, -0.1) is 0 Å². The first-order chi connectivity index (χ1) is 17.3. The van der Waals surface area contributed by atoms with Gasteiger partial charge < -0.3 is 10.1 Å². The van der Waals surface area contributed by atoms with Crippen molar-refractivity contribution < 1.29 is 4.74 Å². The fourth-order valence-electron chi connectivity index (χ4n) is 7.10. The minimum absolute atomic E-state index is 0.169. The smallest absolute Gasteiger partial charge is 0.128 e. The first-order valence-electron chi connectivity index (χ1n) is 13.4. The van der Waals surface area contributed by atoms with E-state index in [-0.39, 0.29) is 6.10 Å². The van der Waals surface area contributed by atoms with Gasteiger partial charge in [-0.2, -0.15) is 0 Å². The summed E-state index contributed by atoms with van der Waals surface area (Å²) in [6.07, 6.45) is 37.8. The lowest BCUT2D eigenvalue weighted by Gasteiger charge is -2.33. The van der Waals surface area contributed by atoms with Gasteiger partial charge in [-0.1, -0.05) is 60.8 Å². The van der Waals surface area contributed by atoms with Crippen molar-refractivity contribution in [3.05, 3.63) is 118 Å². The largest absolute Gasteiger partial charge is 0.485 e. The van der Waals surface area contributed by atoms with Crippen LogP contribution in [-0.2, 0) is 4.74 Å². The minimum atomic E-state index is 0.169. The molecule has 0 saturated carbocycles. The van der Waals surface area contributed by atoms with Crippen LogP contribution < -0.4 is 0 Å². The molecule has 0 radical (unpaired) electrons. The third-order valence-electron chi connectivity index (χ3n) is 8.98. The van der Waals surface area contributed by atoms with E-state index < -0.39 is 0 Å². The molecule has 35 heavy (non-hydrogen) atoms. The van der Waals surface area contributed by atoms with Gasteiger partial charge in [0.15, 0.2) is 0 Å². The van der Waals surface area contributed by atoms with E-state index in [4.69, 9.17) is 10.1 Å². The van der Waals surface area contributed by atoms with E-state index in [1.807, 2.05) is 0 Å². The molecule has 7 rings (SSSR count). The highest BCUT2D eigenvalue weighted by Crippen LogP contribution is 2.49. The zero-order valence-corrected chi connectivity index (χ0v) is 20.3. The molecule has 176 valence electrons. The fraction of sp³-hybridized carbons (Fsp3) is 0.364. The Morgan fingerprint density at radius 1 is 0.857 bits per heavy atom. The molecule has 2 nitrogen and oxygen atoms in total. The fourth-order valence-corrected chi connectivity index (χ4v) is 7.10. The van der Waals surface area contributed by atoms with E-state index in [9.17, 15) is 0 Å². The molecule has 5 atom stereocenters. The topological polar surface area (TPSA) is 33.1 Å². The molecule has 5 unspecified atom stereocenters. The third-order valence-corrected chi connectivity index (χ3v) is 8.98. The second-order valence-electron chi connectivity index (χ2n) is 11.0. The average Bonchev–Trinajstić information content (AvgIpc) is 3.31. The molecule has 0 fully saturated rings. The summed E-state index contributed by atoms with van der Waals surface area (Å²) in [4.78, 5) is 0. The van der Waals surface area contributed by atoms with Crippen LogP contribution in [0, 0.1) is 29.1 Å². The van der Waals surface area contributed by atoms with Gasteiger partial charge in [0.2, 0.25) is 0 Å². The summed E-state index contributed by atoms with van der Waals surface area (Å²) in [6, 6.07) is 0. The van der Waals surface area contributed by atoms with Crippen LogP contribution in [0.1, 0.15) is 44.9 Å². The first kappa shape index (κ1) is 21.2. The highest BCUT2D eigenvalue weighted by atomic mass is 16.5. The molecule has 6 aliphatic carbocycles. The molecular weight excluding hydrogens is 426 g/mol. The van der Waals surface area contributed by atoms with Gasteiger partial charge in [-0.25, -0.2) is 0 Å². The van der Waals surface area contributed by atoms with Crippen molar-refractivity contribution in [2.24, 2.45) is 23.7 Å². The Morgan fingerprint density at radius 3 is 2.71 bits per heavy atom. The standard InChI is InChI=1S/C33H33NO/c34-20-21-4-3-6-23(16-21)24-8-9-26-18-27(11-10-25(26)17-24)28-13-14-31-30(19-28)33-29-7-2-1-5-22(29)12-15-32(33)35-31/h2,6-9,11-16,18,20,24-25,28,32-34H,1,3-5,10,17,19H2. The lowest BCUT2D eigenvalue weighted by molar-refractivity contribution is 0.170. The Labute approximate surface area is 208 Å². The summed E-state index contributed by atoms with van der Waals surface area (Å²) in [6.45, 7) is 0. The van der Waals surface area contributed by atoms with Crippen molar-refractivity contribution in [3.63, 3.8) is 0 Å². The van der Waals surface area contributed by atoms with Crippen LogP contribution in [-0.4, -0.2) is 12.3 Å². The highest BCUT2D eigenvalue weighted by Gasteiger charge is 2.41. The number of ether oxygens (including phenoxy) is 1. The van der Waals surface area contributed by atoms with Crippen molar-refractivity contribution in [2.45, 2.75) is 51.0 Å². The molecular formula is C33H33NO. The predicted octanol–water partition coefficient (Wildman–Crippen LogP) is 7.79. The van der Waals surface area contributed by atoms with Gasteiger partial charge in [0.25, 0.3) is 0 Å². The molecule has 0 aromatic heterocycles. The van der Waals surface area contributed by atoms with Crippen molar-refractivity contribution in [2.75, 3.05) is 0 Å². The number of rotatable bonds is 3. The lowest BCUT2D eigenvalue weighted by Crippen LogP contribution is -2.24. The Hall–Kier alpha value is -3.13. The maximum atomic E-state index is 7.63. The molecule has 1 aliphatic heterocycles. The summed E-state index contributed by atoms with van der Waals surface area (Å²) >= 11 is 0. The molecule has 0 spiro atoms. The summed E-state index contributed by atoms with van der Waals surface area (Å²) in [5.41, 5.74) is 10.1. The molecule has 7 aliphatic rings. The van der Waals surface area contributed by atoms with Gasteiger partial charge in [-0.05, 0) is 102 Å². The molecule has 0 saturated heterocycles. The van der Waals surface area contributed by atoms with Gasteiger partial charge in [0.1, 0.15) is 11.9 Å². The monoisotopic (exact) mass is 459 g/mol. The van der Waals surface area contributed by atoms with Crippen molar-refractivity contribution in [1.29, 1.82) is 5.41 Å². The molecule has 1 N–H and O–H groups in total. The molecule has 1 heterocycles. The summed E-state index contributed by atoms with van der Waals surface area (Å²) in [7, 11) is 0. The van der Waals surface area contributed by atoms with Gasteiger partial charge >= 0.3 is 0 Å². The molecule has 0 aromatic carbocycles. The number of hydrogen-bond donors (Lipinski definition) is 1. The zero-order valence-electron chi connectivity index (χ0n) is 20.3. The Kier molecular flexibility index (Phi) is 5.15. The van der Waals surface area contributed by atoms with Crippen molar-refractivity contribution >= 4 is 6.21 Å². The third kappa shape index (κ3) is 3.66. The highest BCUT2D eigenvalue weighted by molar-refractivity contribution is 5.77. The number of allylic oxidation sites excluding steroid dienone is 16. The Bertz CT molecular complexity index is 1280. The maximum absolute atomic E-state index is 7.63. The average molecular weight is 460 g/mol. The van der Waals surface area contributed by atoms with Crippen LogP contribution in [0.2, 0.25) is 0 Å². The normalized spacial score (nSPS) is 34.7. The van der Waals surface area contributed by atoms with Crippen LogP contribution in [0.15, 0.2) is 118 Å². The van der Waals surface area contributed by atoms with E-state index in [2.05, 4.69) is 72.9 Å². The summed E-state index contributed by atoms with van der Waals surface area (Å²) in [5.74, 6) is 3.06. The number of nitrogens with one attached hydrogen (secondary N) is 1. The molecule has 0 aromatic rings. The molecule has 0 bridgehead atoms. The second kappa shape index (κ2) is 8.52. The van der Waals surface area contributed by atoms with Crippen molar-refractivity contribution in [1.82, 2.24) is 0 Å². The summed E-state index contributed by atoms with van der Waals surface area (Å²) < 4.78 is 6.39. The van der Waals surface area contributed by atoms with Gasteiger partial charge in [0, 0.05) is 24.0 Å². The maximum Gasteiger partial charge on any atom is 0.128 e. The second-order valence-corrected chi connectivity index (χ2v) is 11.0. The number of hydrogen-bond acceptors (Lipinski definition) is 2. The summed E-state index contributed by atoms with van der Waals surface area (Å²) in [5, 5.41) is 7.63. The lowest BCUT2D eigenvalue weighted by atomic mass is 9.71.